The Labute approximate surface area is 186 Å². The second-order valence-electron chi connectivity index (χ2n) is 7.03. The summed E-state index contributed by atoms with van der Waals surface area (Å²) in [6, 6.07) is 17.1. The Balaban J connectivity index is 1.81. The Morgan fingerprint density at radius 2 is 1.97 bits per heavy atom. The van der Waals surface area contributed by atoms with Crippen molar-refractivity contribution in [2.45, 2.75) is 19.0 Å². The third kappa shape index (κ3) is 4.11. The van der Waals surface area contributed by atoms with Gasteiger partial charge in [-0.15, -0.1) is 0 Å². The fourth-order valence-electron chi connectivity index (χ4n) is 3.93. The number of thiocarbonyl (C=S) groups is 1. The largest absolute Gasteiger partial charge is 0.495 e. The predicted octanol–water partition coefficient (Wildman–Crippen LogP) is 3.42. The van der Waals surface area contributed by atoms with Gasteiger partial charge in [0.15, 0.2) is 5.11 Å². The molecule has 2 aromatic heterocycles. The van der Waals surface area contributed by atoms with Gasteiger partial charge in [0.2, 0.25) is 0 Å². The van der Waals surface area contributed by atoms with E-state index in [1.807, 2.05) is 65.7 Å². The van der Waals surface area contributed by atoms with Crippen molar-refractivity contribution < 1.29 is 14.3 Å². The summed E-state index contributed by atoms with van der Waals surface area (Å²) in [4.78, 5) is 18.8. The monoisotopic (exact) mass is 436 g/mol. The second kappa shape index (κ2) is 9.18. The summed E-state index contributed by atoms with van der Waals surface area (Å²) in [6.07, 6.45) is 3.73. The zero-order chi connectivity index (χ0) is 21.8. The Hall–Kier alpha value is -3.39. The van der Waals surface area contributed by atoms with Crippen LogP contribution in [0.4, 0.5) is 0 Å². The second-order valence-corrected chi connectivity index (χ2v) is 7.42. The van der Waals surface area contributed by atoms with Crippen LogP contribution in [0.3, 0.4) is 0 Å². The van der Waals surface area contributed by atoms with Gasteiger partial charge in [-0.2, -0.15) is 0 Å². The lowest BCUT2D eigenvalue weighted by Gasteiger charge is -2.28. The highest BCUT2D eigenvalue weighted by Crippen LogP contribution is 2.40. The molecule has 3 heterocycles. The number of ether oxygens (including phenoxy) is 2. The van der Waals surface area contributed by atoms with Crippen LogP contribution in [0.1, 0.15) is 30.4 Å². The van der Waals surface area contributed by atoms with Crippen molar-refractivity contribution in [2.24, 2.45) is 0 Å². The van der Waals surface area contributed by atoms with Crippen LogP contribution in [0.5, 0.6) is 5.75 Å². The molecule has 1 fully saturated rings. The number of carbonyl (C=O) groups excluding carboxylic acids is 1. The minimum atomic E-state index is -0.325. The van der Waals surface area contributed by atoms with E-state index in [1.165, 1.54) is 0 Å². The van der Waals surface area contributed by atoms with Gasteiger partial charge in [-0.05, 0) is 55.5 Å². The third-order valence-electron chi connectivity index (χ3n) is 5.23. The number of hydrogen-bond acceptors (Lipinski definition) is 5. The molecule has 0 radical (unpaired) electrons. The van der Waals surface area contributed by atoms with E-state index in [0.29, 0.717) is 11.7 Å². The van der Waals surface area contributed by atoms with E-state index in [4.69, 9.17) is 21.7 Å². The minimum absolute atomic E-state index is 0.0464. The molecule has 3 aromatic rings. The van der Waals surface area contributed by atoms with Crippen LogP contribution in [0.2, 0.25) is 0 Å². The summed E-state index contributed by atoms with van der Waals surface area (Å²) in [6.45, 7) is 2.16. The van der Waals surface area contributed by atoms with Crippen molar-refractivity contribution in [3.05, 3.63) is 78.4 Å². The Morgan fingerprint density at radius 3 is 2.71 bits per heavy atom. The van der Waals surface area contributed by atoms with Crippen LogP contribution in [0, 0.1) is 0 Å². The Bertz CT molecular complexity index is 1070. The summed E-state index contributed by atoms with van der Waals surface area (Å²) < 4.78 is 12.8. The molecule has 1 aliphatic rings. The molecule has 4 rings (SSSR count). The quantitative estimate of drug-likeness (QED) is 0.450. The highest BCUT2D eigenvalue weighted by atomic mass is 32.1. The predicted molar refractivity (Wildman–Crippen MR) is 121 cm³/mol. The van der Waals surface area contributed by atoms with E-state index in [-0.39, 0.29) is 24.6 Å². The van der Waals surface area contributed by atoms with Crippen molar-refractivity contribution >= 4 is 23.3 Å². The van der Waals surface area contributed by atoms with E-state index in [1.54, 1.807) is 20.2 Å². The maximum Gasteiger partial charge on any atom is 0.325 e. The number of nitrogens with one attached hydrogen (secondary N) is 1. The molecule has 0 amide bonds. The number of pyridine rings is 1. The zero-order valence-corrected chi connectivity index (χ0v) is 18.2. The molecule has 160 valence electrons. The van der Waals surface area contributed by atoms with E-state index >= 15 is 0 Å². The van der Waals surface area contributed by atoms with Crippen molar-refractivity contribution in [3.8, 4) is 11.4 Å². The van der Waals surface area contributed by atoms with Gasteiger partial charge in [0, 0.05) is 18.1 Å². The highest BCUT2D eigenvalue weighted by molar-refractivity contribution is 7.80. The first-order valence-electron chi connectivity index (χ1n) is 10.1. The fourth-order valence-corrected chi connectivity index (χ4v) is 4.23. The van der Waals surface area contributed by atoms with E-state index in [2.05, 4.69) is 14.9 Å². The van der Waals surface area contributed by atoms with Crippen LogP contribution in [-0.4, -0.2) is 45.8 Å². The normalized spacial score (nSPS) is 18.0. The standard InChI is InChI=1S/C23H24N4O3S/c1-3-30-20(28)15-27-22(21(25-23(27)31)16-9-6-7-13-24-16)18-11-8-14-26(18)17-10-4-5-12-19(17)29-2/h4-14,21-22H,3,15H2,1-2H3,(H,25,31)/t21-,22-/m0/s1. The first-order valence-corrected chi connectivity index (χ1v) is 10.5. The minimum Gasteiger partial charge on any atom is -0.495 e. The zero-order valence-electron chi connectivity index (χ0n) is 17.4. The van der Waals surface area contributed by atoms with Crippen LogP contribution in [-0.2, 0) is 9.53 Å². The van der Waals surface area contributed by atoms with E-state index < -0.39 is 0 Å². The number of aromatic nitrogens is 2. The lowest BCUT2D eigenvalue weighted by molar-refractivity contribution is -0.143. The Kier molecular flexibility index (Phi) is 6.18. The molecule has 1 saturated heterocycles. The van der Waals surface area contributed by atoms with Gasteiger partial charge in [-0.25, -0.2) is 0 Å². The number of methoxy groups -OCH3 is 1. The van der Waals surface area contributed by atoms with Gasteiger partial charge < -0.3 is 24.3 Å². The number of nitrogens with zero attached hydrogens (tertiary/aromatic N) is 3. The van der Waals surface area contributed by atoms with Crippen molar-refractivity contribution in [1.82, 2.24) is 19.8 Å². The maximum absolute atomic E-state index is 12.4. The topological polar surface area (TPSA) is 68.6 Å². The van der Waals surface area contributed by atoms with Gasteiger partial charge in [-0.3, -0.25) is 9.78 Å². The van der Waals surface area contributed by atoms with Crippen molar-refractivity contribution in [3.63, 3.8) is 0 Å². The average molecular weight is 437 g/mol. The third-order valence-corrected chi connectivity index (χ3v) is 5.58. The number of para-hydroxylation sites is 2. The molecule has 1 aliphatic heterocycles. The molecule has 0 unspecified atom stereocenters. The summed E-state index contributed by atoms with van der Waals surface area (Å²) in [5, 5.41) is 3.84. The molecule has 0 saturated carbocycles. The molecule has 1 aromatic carbocycles. The van der Waals surface area contributed by atoms with Gasteiger partial charge in [0.05, 0.1) is 37.2 Å². The van der Waals surface area contributed by atoms with Gasteiger partial charge in [0.1, 0.15) is 12.3 Å². The number of hydrogen-bond donors (Lipinski definition) is 1. The number of rotatable bonds is 7. The number of esters is 1. The summed E-state index contributed by atoms with van der Waals surface area (Å²) in [5.74, 6) is 0.425. The van der Waals surface area contributed by atoms with Gasteiger partial charge >= 0.3 is 5.97 Å². The van der Waals surface area contributed by atoms with E-state index in [0.717, 1.165) is 22.8 Å². The SMILES string of the molecule is CCOC(=O)CN1C(=S)N[C@@H](c2ccccn2)[C@@H]1c1cccn1-c1ccccc1OC. The smallest absolute Gasteiger partial charge is 0.325 e. The Morgan fingerprint density at radius 1 is 1.16 bits per heavy atom. The molecule has 1 N–H and O–H groups in total. The van der Waals surface area contributed by atoms with Crippen molar-refractivity contribution in [2.75, 3.05) is 20.3 Å². The molecule has 7 nitrogen and oxygen atoms in total. The van der Waals surface area contributed by atoms with Gasteiger partial charge in [-0.1, -0.05) is 18.2 Å². The lowest BCUT2D eigenvalue weighted by Crippen LogP contribution is -2.36. The first kappa shape index (κ1) is 20.9. The molecule has 0 aliphatic carbocycles. The highest BCUT2D eigenvalue weighted by Gasteiger charge is 2.42. The molecule has 0 spiro atoms. The summed E-state index contributed by atoms with van der Waals surface area (Å²) in [5.41, 5.74) is 2.70. The van der Waals surface area contributed by atoms with E-state index in [9.17, 15) is 4.79 Å². The first-order chi connectivity index (χ1) is 15.1. The fraction of sp³-hybridized carbons (Fsp3) is 0.261. The molecule has 2 atom stereocenters. The van der Waals surface area contributed by atoms with Crippen LogP contribution in [0.25, 0.3) is 5.69 Å². The molecule has 8 heteroatoms. The molecular weight excluding hydrogens is 412 g/mol. The van der Waals surface area contributed by atoms with Gasteiger partial charge in [0.25, 0.3) is 0 Å². The summed E-state index contributed by atoms with van der Waals surface area (Å²) >= 11 is 5.63. The van der Waals surface area contributed by atoms with Crippen LogP contribution < -0.4 is 10.1 Å². The van der Waals surface area contributed by atoms with Crippen LogP contribution >= 0.6 is 12.2 Å². The van der Waals surface area contributed by atoms with Crippen LogP contribution in [0.15, 0.2) is 67.0 Å². The molecule has 31 heavy (non-hydrogen) atoms. The number of carbonyl (C=O) groups is 1. The molecular formula is C23H24N4O3S. The van der Waals surface area contributed by atoms with Crippen molar-refractivity contribution in [1.29, 1.82) is 0 Å². The summed E-state index contributed by atoms with van der Waals surface area (Å²) in [7, 11) is 1.65. The number of benzene rings is 1. The average Bonchev–Trinajstić information content (AvgIpc) is 3.39. The lowest BCUT2D eigenvalue weighted by atomic mass is 10.0. The molecule has 0 bridgehead atoms. The maximum atomic E-state index is 12.4.